The van der Waals surface area contributed by atoms with Crippen LogP contribution in [0.1, 0.15) is 21.2 Å². The van der Waals surface area contributed by atoms with Gasteiger partial charge in [0, 0.05) is 15.6 Å². The largest absolute Gasteiger partial charge is 0.496 e. The fraction of sp³-hybridized carbons (Fsp3) is 0.103. The van der Waals surface area contributed by atoms with Gasteiger partial charge in [-0.1, -0.05) is 59.6 Å². The molecule has 0 saturated heterocycles. The molecule has 0 saturated carbocycles. The third kappa shape index (κ3) is 6.61. The zero-order chi connectivity index (χ0) is 27.1. The van der Waals surface area contributed by atoms with Gasteiger partial charge in [-0.25, -0.2) is 0 Å². The molecular formula is C29H24Cl2N2O4S. The summed E-state index contributed by atoms with van der Waals surface area (Å²) in [4.78, 5) is 27.2. The minimum atomic E-state index is -0.554. The third-order valence-corrected chi connectivity index (χ3v) is 7.36. The molecular weight excluding hydrogens is 543 g/mol. The summed E-state index contributed by atoms with van der Waals surface area (Å²) >= 11 is 13.6. The van der Waals surface area contributed by atoms with Crippen LogP contribution in [0.15, 0.2) is 95.9 Å². The summed E-state index contributed by atoms with van der Waals surface area (Å²) in [6, 6.07) is 26.8. The molecule has 4 rings (SSSR count). The molecule has 4 aromatic carbocycles. The van der Waals surface area contributed by atoms with Crippen LogP contribution in [0, 0.1) is 0 Å². The fourth-order valence-corrected chi connectivity index (χ4v) is 5.19. The van der Waals surface area contributed by atoms with Crippen LogP contribution in [0.5, 0.6) is 11.5 Å². The highest BCUT2D eigenvalue weighted by Gasteiger charge is 2.23. The Bertz CT molecular complexity index is 1410. The maximum absolute atomic E-state index is 13.3. The molecule has 0 aliphatic carbocycles. The molecule has 0 aliphatic rings. The van der Waals surface area contributed by atoms with Gasteiger partial charge in [0.25, 0.3) is 5.91 Å². The van der Waals surface area contributed by atoms with Crippen LogP contribution in [-0.2, 0) is 4.79 Å². The molecule has 0 radical (unpaired) electrons. The molecule has 0 spiro atoms. The van der Waals surface area contributed by atoms with Gasteiger partial charge in [0.05, 0.1) is 24.9 Å². The second-order valence-corrected chi connectivity index (χ2v) is 10.1. The number of hydrogen-bond acceptors (Lipinski definition) is 5. The predicted molar refractivity (Wildman–Crippen MR) is 154 cm³/mol. The van der Waals surface area contributed by atoms with Gasteiger partial charge in [-0.15, -0.1) is 11.8 Å². The number of halogens is 2. The summed E-state index contributed by atoms with van der Waals surface area (Å²) in [7, 11) is 3.00. The van der Waals surface area contributed by atoms with Gasteiger partial charge in [0.1, 0.15) is 22.3 Å². The lowest BCUT2D eigenvalue weighted by Crippen LogP contribution is -2.19. The minimum Gasteiger partial charge on any atom is -0.496 e. The third-order valence-electron chi connectivity index (χ3n) is 5.55. The highest BCUT2D eigenvalue weighted by molar-refractivity contribution is 8.00. The van der Waals surface area contributed by atoms with Crippen molar-refractivity contribution in [1.29, 1.82) is 0 Å². The van der Waals surface area contributed by atoms with Gasteiger partial charge in [0.15, 0.2) is 0 Å². The SMILES string of the molecule is COc1cccc(OC)c1C(=O)Nc1ccc(SC(C(=O)Nc2ccc(Cl)cc2Cl)c2ccccc2)cc1. The number of ether oxygens (including phenoxy) is 2. The average Bonchev–Trinajstić information content (AvgIpc) is 2.93. The molecule has 0 aliphatic heterocycles. The molecule has 6 nitrogen and oxygen atoms in total. The average molecular weight is 567 g/mol. The number of hydrogen-bond donors (Lipinski definition) is 2. The number of amides is 2. The van der Waals surface area contributed by atoms with Gasteiger partial charge >= 0.3 is 0 Å². The van der Waals surface area contributed by atoms with E-state index < -0.39 is 5.25 Å². The monoisotopic (exact) mass is 566 g/mol. The van der Waals surface area contributed by atoms with Crippen molar-refractivity contribution in [2.24, 2.45) is 0 Å². The number of carbonyl (C=O) groups is 2. The highest BCUT2D eigenvalue weighted by Crippen LogP contribution is 2.38. The first-order valence-corrected chi connectivity index (χ1v) is 13.1. The minimum absolute atomic E-state index is 0.230. The second-order valence-electron chi connectivity index (χ2n) is 8.04. The van der Waals surface area contributed by atoms with Crippen LogP contribution in [0.3, 0.4) is 0 Å². The van der Waals surface area contributed by atoms with Crippen LogP contribution in [0.25, 0.3) is 0 Å². The van der Waals surface area contributed by atoms with Gasteiger partial charge in [0.2, 0.25) is 5.91 Å². The Morgan fingerprint density at radius 3 is 2.05 bits per heavy atom. The summed E-state index contributed by atoms with van der Waals surface area (Å²) in [5.41, 5.74) is 2.20. The van der Waals surface area contributed by atoms with Crippen molar-refractivity contribution in [3.63, 3.8) is 0 Å². The molecule has 2 amide bonds. The molecule has 0 aromatic heterocycles. The van der Waals surface area contributed by atoms with E-state index in [1.807, 2.05) is 42.5 Å². The van der Waals surface area contributed by atoms with Crippen molar-refractivity contribution in [2.75, 3.05) is 24.9 Å². The Morgan fingerprint density at radius 2 is 1.45 bits per heavy atom. The first-order chi connectivity index (χ1) is 18.4. The summed E-state index contributed by atoms with van der Waals surface area (Å²) in [5, 5.41) is 6.06. The number of thioether (sulfide) groups is 1. The van der Waals surface area contributed by atoms with Gasteiger partial charge in [-0.05, 0) is 60.2 Å². The lowest BCUT2D eigenvalue weighted by Gasteiger charge is -2.18. The number of rotatable bonds is 9. The quantitative estimate of drug-likeness (QED) is 0.203. The summed E-state index contributed by atoms with van der Waals surface area (Å²) in [6.07, 6.45) is 0. The van der Waals surface area contributed by atoms with E-state index in [0.29, 0.717) is 38.5 Å². The Hall–Kier alpha value is -3.65. The van der Waals surface area contributed by atoms with Crippen LogP contribution < -0.4 is 20.1 Å². The maximum Gasteiger partial charge on any atom is 0.263 e. The standard InChI is InChI=1S/C29H24Cl2N2O4S/c1-36-24-9-6-10-25(37-2)26(24)28(34)32-20-12-14-21(15-13-20)38-27(18-7-4-3-5-8-18)29(35)33-23-16-11-19(30)17-22(23)31/h3-17,27H,1-2H3,(H,32,34)(H,33,35). The Morgan fingerprint density at radius 1 is 0.789 bits per heavy atom. The molecule has 194 valence electrons. The van der Waals surface area contributed by atoms with E-state index in [9.17, 15) is 9.59 Å². The second kappa shape index (κ2) is 12.7. The van der Waals surface area contributed by atoms with Crippen molar-refractivity contribution in [1.82, 2.24) is 0 Å². The molecule has 2 N–H and O–H groups in total. The molecule has 0 fully saturated rings. The number of anilines is 2. The van der Waals surface area contributed by atoms with Crippen LogP contribution >= 0.6 is 35.0 Å². The fourth-order valence-electron chi connectivity index (χ4n) is 3.71. The molecule has 9 heteroatoms. The van der Waals surface area contributed by atoms with Crippen LogP contribution in [0.2, 0.25) is 10.0 Å². The Balaban J connectivity index is 1.52. The van der Waals surface area contributed by atoms with Gasteiger partial charge in [-0.2, -0.15) is 0 Å². The summed E-state index contributed by atoms with van der Waals surface area (Å²) < 4.78 is 10.7. The van der Waals surface area contributed by atoms with Crippen LogP contribution in [-0.4, -0.2) is 26.0 Å². The Kier molecular flexibility index (Phi) is 9.18. The smallest absolute Gasteiger partial charge is 0.263 e. The van der Waals surface area contributed by atoms with E-state index in [0.717, 1.165) is 10.5 Å². The van der Waals surface area contributed by atoms with E-state index in [4.69, 9.17) is 32.7 Å². The summed E-state index contributed by atoms with van der Waals surface area (Å²) in [5.74, 6) is 0.227. The zero-order valence-electron chi connectivity index (χ0n) is 20.5. The predicted octanol–water partition coefficient (Wildman–Crippen LogP) is 7.74. The molecule has 38 heavy (non-hydrogen) atoms. The Labute approximate surface area is 235 Å². The van der Waals surface area contributed by atoms with Crippen LogP contribution in [0.4, 0.5) is 11.4 Å². The number of nitrogens with one attached hydrogen (secondary N) is 2. The lowest BCUT2D eigenvalue weighted by molar-refractivity contribution is -0.115. The molecule has 1 unspecified atom stereocenters. The maximum atomic E-state index is 13.3. The number of benzene rings is 4. The van der Waals surface area contributed by atoms with E-state index in [2.05, 4.69) is 10.6 Å². The van der Waals surface area contributed by atoms with Crippen molar-refractivity contribution in [3.05, 3.63) is 112 Å². The zero-order valence-corrected chi connectivity index (χ0v) is 22.9. The van der Waals surface area contributed by atoms with Gasteiger partial charge < -0.3 is 20.1 Å². The van der Waals surface area contributed by atoms with Crippen molar-refractivity contribution in [3.8, 4) is 11.5 Å². The molecule has 1 atom stereocenters. The number of methoxy groups -OCH3 is 2. The molecule has 0 heterocycles. The lowest BCUT2D eigenvalue weighted by atomic mass is 10.1. The van der Waals surface area contributed by atoms with E-state index in [1.54, 1.807) is 48.5 Å². The summed E-state index contributed by atoms with van der Waals surface area (Å²) in [6.45, 7) is 0. The van der Waals surface area contributed by atoms with Crippen molar-refractivity contribution in [2.45, 2.75) is 10.1 Å². The topological polar surface area (TPSA) is 76.7 Å². The molecule has 0 bridgehead atoms. The van der Waals surface area contributed by atoms with E-state index in [-0.39, 0.29) is 11.8 Å². The molecule has 4 aromatic rings. The normalized spacial score (nSPS) is 11.4. The first-order valence-electron chi connectivity index (χ1n) is 11.5. The van der Waals surface area contributed by atoms with Gasteiger partial charge in [-0.3, -0.25) is 9.59 Å². The van der Waals surface area contributed by atoms with Crippen molar-refractivity contribution >= 4 is 58.2 Å². The van der Waals surface area contributed by atoms with E-state index in [1.165, 1.54) is 26.0 Å². The first kappa shape index (κ1) is 27.4. The highest BCUT2D eigenvalue weighted by atomic mass is 35.5. The van der Waals surface area contributed by atoms with E-state index >= 15 is 0 Å². The van der Waals surface area contributed by atoms with Crippen molar-refractivity contribution < 1.29 is 19.1 Å². The number of carbonyl (C=O) groups excluding carboxylic acids is 2.